The number of aromatic nitrogens is 3. The van der Waals surface area contributed by atoms with E-state index in [1.54, 1.807) is 38.1 Å². The van der Waals surface area contributed by atoms with Gasteiger partial charge in [0.15, 0.2) is 0 Å². The maximum atomic E-state index is 14.5. The van der Waals surface area contributed by atoms with E-state index in [4.69, 9.17) is 16.1 Å². The highest BCUT2D eigenvalue weighted by Crippen LogP contribution is 2.34. The summed E-state index contributed by atoms with van der Waals surface area (Å²) in [6.07, 6.45) is 0. The number of H-pyrrole nitrogens is 1. The lowest BCUT2D eigenvalue weighted by Crippen LogP contribution is -2.32. The van der Waals surface area contributed by atoms with Crippen LogP contribution in [0, 0.1) is 12.7 Å². The fourth-order valence-corrected chi connectivity index (χ4v) is 3.65. The molecule has 4 aromatic rings. The van der Waals surface area contributed by atoms with E-state index in [1.807, 2.05) is 0 Å². The molecule has 2 heterocycles. The van der Waals surface area contributed by atoms with Crippen molar-refractivity contribution in [2.24, 2.45) is 0 Å². The molecule has 0 spiro atoms. The molecule has 1 amide bonds. The second-order valence-corrected chi connectivity index (χ2v) is 7.32. The van der Waals surface area contributed by atoms with Gasteiger partial charge in [0, 0.05) is 6.54 Å². The average molecular weight is 441 g/mol. The zero-order valence-electron chi connectivity index (χ0n) is 16.8. The predicted octanol–water partition coefficient (Wildman–Crippen LogP) is 4.34. The van der Waals surface area contributed by atoms with Gasteiger partial charge in [-0.05, 0) is 38.1 Å². The van der Waals surface area contributed by atoms with Gasteiger partial charge in [0.2, 0.25) is 0 Å². The number of nitrogens with one attached hydrogen (secondary N) is 1. The zero-order valence-corrected chi connectivity index (χ0v) is 17.5. The van der Waals surface area contributed by atoms with E-state index < -0.39 is 11.7 Å². The Morgan fingerprint density at radius 3 is 2.74 bits per heavy atom. The third-order valence-corrected chi connectivity index (χ3v) is 5.26. The fraction of sp³-hybridized carbons (Fsp3) is 0.182. The minimum Gasteiger partial charge on any atom is -0.360 e. The smallest absolute Gasteiger partial charge is 0.260 e. The Bertz CT molecular complexity index is 1330. The van der Waals surface area contributed by atoms with Gasteiger partial charge in [-0.25, -0.2) is 9.37 Å². The van der Waals surface area contributed by atoms with E-state index in [-0.39, 0.29) is 39.7 Å². The minimum atomic E-state index is -0.613. The molecule has 2 aromatic heterocycles. The Kier molecular flexibility index (Phi) is 5.56. The van der Waals surface area contributed by atoms with E-state index in [9.17, 15) is 14.0 Å². The van der Waals surface area contributed by atoms with Crippen LogP contribution < -0.4 is 5.56 Å². The normalized spacial score (nSPS) is 11.1. The van der Waals surface area contributed by atoms with Crippen LogP contribution in [-0.4, -0.2) is 32.5 Å². The van der Waals surface area contributed by atoms with Crippen molar-refractivity contribution >= 4 is 28.4 Å². The zero-order chi connectivity index (χ0) is 22.1. The molecule has 7 nitrogen and oxygen atoms in total. The van der Waals surface area contributed by atoms with Crippen LogP contribution in [0.5, 0.6) is 0 Å². The summed E-state index contributed by atoms with van der Waals surface area (Å²) in [6.45, 7) is 3.72. The second-order valence-electron chi connectivity index (χ2n) is 6.91. The number of hydrogen-bond donors (Lipinski definition) is 1. The molecular weight excluding hydrogens is 423 g/mol. The summed E-state index contributed by atoms with van der Waals surface area (Å²) < 4.78 is 19.7. The van der Waals surface area contributed by atoms with Gasteiger partial charge in [-0.2, -0.15) is 0 Å². The van der Waals surface area contributed by atoms with Crippen molar-refractivity contribution in [1.82, 2.24) is 20.0 Å². The number of para-hydroxylation sites is 1. The first-order valence-corrected chi connectivity index (χ1v) is 9.96. The maximum absolute atomic E-state index is 14.5. The summed E-state index contributed by atoms with van der Waals surface area (Å²) >= 11 is 6.17. The number of hydrogen-bond acceptors (Lipinski definition) is 5. The lowest BCUT2D eigenvalue weighted by atomic mass is 10.0. The van der Waals surface area contributed by atoms with E-state index in [2.05, 4.69) is 15.1 Å². The maximum Gasteiger partial charge on any atom is 0.260 e. The van der Waals surface area contributed by atoms with Gasteiger partial charge in [-0.15, -0.1) is 0 Å². The third-order valence-electron chi connectivity index (χ3n) is 4.95. The van der Waals surface area contributed by atoms with Gasteiger partial charge in [0.1, 0.15) is 28.7 Å². The Morgan fingerprint density at radius 2 is 2.00 bits per heavy atom. The van der Waals surface area contributed by atoms with Gasteiger partial charge in [-0.3, -0.25) is 9.59 Å². The summed E-state index contributed by atoms with van der Waals surface area (Å²) in [5.74, 6) is -0.485. The lowest BCUT2D eigenvalue weighted by Gasteiger charge is -2.20. The van der Waals surface area contributed by atoms with E-state index >= 15 is 0 Å². The van der Waals surface area contributed by atoms with Crippen molar-refractivity contribution in [1.29, 1.82) is 0 Å². The summed E-state index contributed by atoms with van der Waals surface area (Å²) in [5, 5.41) is 4.47. The van der Waals surface area contributed by atoms with Crippen molar-refractivity contribution in [2.45, 2.75) is 20.4 Å². The first-order valence-electron chi connectivity index (χ1n) is 9.58. The summed E-state index contributed by atoms with van der Waals surface area (Å²) in [6, 6.07) is 11.2. The molecule has 0 aliphatic carbocycles. The van der Waals surface area contributed by atoms with E-state index in [0.717, 1.165) is 0 Å². The largest absolute Gasteiger partial charge is 0.360 e. The molecule has 0 saturated heterocycles. The van der Waals surface area contributed by atoms with Crippen LogP contribution in [0.4, 0.5) is 4.39 Å². The molecule has 0 aliphatic rings. The highest BCUT2D eigenvalue weighted by atomic mass is 35.5. The molecule has 1 N–H and O–H groups in total. The molecule has 0 radical (unpaired) electrons. The van der Waals surface area contributed by atoms with Crippen molar-refractivity contribution in [3.8, 4) is 11.3 Å². The molecule has 2 aromatic carbocycles. The number of fused-ring (bicyclic) bond motifs is 1. The van der Waals surface area contributed by atoms with Crippen LogP contribution in [0.15, 0.2) is 51.8 Å². The average Bonchev–Trinajstić information content (AvgIpc) is 3.12. The molecule has 9 heteroatoms. The molecule has 0 atom stereocenters. The Labute approximate surface area is 181 Å². The van der Waals surface area contributed by atoms with Crippen LogP contribution in [0.1, 0.15) is 28.9 Å². The number of rotatable bonds is 5. The van der Waals surface area contributed by atoms with Gasteiger partial charge in [0.25, 0.3) is 11.5 Å². The molecule has 0 fully saturated rings. The monoisotopic (exact) mass is 440 g/mol. The SMILES string of the molecule is CCN(Cc1nc2ccccc2c(=O)[nH]1)C(=O)c1c(-c2c(F)cccc2Cl)noc1C. The van der Waals surface area contributed by atoms with Crippen molar-refractivity contribution in [3.63, 3.8) is 0 Å². The van der Waals surface area contributed by atoms with Crippen LogP contribution in [-0.2, 0) is 6.54 Å². The molecule has 0 aliphatic heterocycles. The molecule has 0 bridgehead atoms. The number of halogens is 2. The Balaban J connectivity index is 1.73. The van der Waals surface area contributed by atoms with Crippen molar-refractivity contribution in [3.05, 3.63) is 80.8 Å². The van der Waals surface area contributed by atoms with E-state index in [1.165, 1.54) is 23.1 Å². The quantitative estimate of drug-likeness (QED) is 0.498. The number of amides is 1. The molecular formula is C22H18ClFN4O3. The minimum absolute atomic E-state index is 0.00217. The number of aryl methyl sites for hydroxylation is 1. The molecule has 158 valence electrons. The predicted molar refractivity (Wildman–Crippen MR) is 114 cm³/mol. The number of nitrogens with zero attached hydrogens (tertiary/aromatic N) is 3. The first kappa shape index (κ1) is 20.7. The number of carbonyl (C=O) groups excluding carboxylic acids is 1. The highest BCUT2D eigenvalue weighted by Gasteiger charge is 2.28. The standard InChI is InChI=1S/C22H18ClFN4O3/c1-3-28(11-17-25-16-10-5-4-7-13(16)21(29)26-17)22(30)18-12(2)31-27-20(18)19-14(23)8-6-9-15(19)24/h4-10H,3,11H2,1-2H3,(H,25,26,29). The van der Waals surface area contributed by atoms with Gasteiger partial charge in [0.05, 0.1) is 28.0 Å². The van der Waals surface area contributed by atoms with Crippen molar-refractivity contribution < 1.29 is 13.7 Å². The highest BCUT2D eigenvalue weighted by molar-refractivity contribution is 6.33. The van der Waals surface area contributed by atoms with Gasteiger partial charge < -0.3 is 14.4 Å². The molecule has 31 heavy (non-hydrogen) atoms. The summed E-state index contributed by atoms with van der Waals surface area (Å²) in [5.41, 5.74) is 0.382. The van der Waals surface area contributed by atoms with Crippen LogP contribution >= 0.6 is 11.6 Å². The van der Waals surface area contributed by atoms with Gasteiger partial charge >= 0.3 is 0 Å². The topological polar surface area (TPSA) is 92.1 Å². The van der Waals surface area contributed by atoms with Crippen LogP contribution in [0.25, 0.3) is 22.2 Å². The lowest BCUT2D eigenvalue weighted by molar-refractivity contribution is 0.0747. The number of aromatic amines is 1. The fourth-order valence-electron chi connectivity index (χ4n) is 3.39. The summed E-state index contributed by atoms with van der Waals surface area (Å²) in [4.78, 5) is 34.3. The summed E-state index contributed by atoms with van der Waals surface area (Å²) in [7, 11) is 0. The number of carbonyl (C=O) groups is 1. The van der Waals surface area contributed by atoms with E-state index in [0.29, 0.717) is 23.3 Å². The van der Waals surface area contributed by atoms with Gasteiger partial charge in [-0.1, -0.05) is 35.0 Å². The Morgan fingerprint density at radius 1 is 1.23 bits per heavy atom. The number of benzene rings is 2. The molecule has 0 saturated carbocycles. The molecule has 4 rings (SSSR count). The Hall–Kier alpha value is -3.52. The van der Waals surface area contributed by atoms with Crippen LogP contribution in [0.3, 0.4) is 0 Å². The van der Waals surface area contributed by atoms with Crippen LogP contribution in [0.2, 0.25) is 5.02 Å². The second kappa shape index (κ2) is 8.31. The first-order chi connectivity index (χ1) is 14.9. The van der Waals surface area contributed by atoms with Crippen molar-refractivity contribution in [2.75, 3.05) is 6.54 Å². The molecule has 0 unspecified atom stereocenters. The third kappa shape index (κ3) is 3.82.